The summed E-state index contributed by atoms with van der Waals surface area (Å²) < 4.78 is 7.21. The summed E-state index contributed by atoms with van der Waals surface area (Å²) in [6, 6.07) is 14.0. The maximum absolute atomic E-state index is 13.4. The van der Waals surface area contributed by atoms with Crippen molar-refractivity contribution in [1.29, 1.82) is 0 Å². The van der Waals surface area contributed by atoms with Gasteiger partial charge in [0.05, 0.1) is 34.5 Å². The van der Waals surface area contributed by atoms with E-state index in [1.807, 2.05) is 50.2 Å². The van der Waals surface area contributed by atoms with Crippen molar-refractivity contribution in [2.24, 2.45) is 7.05 Å². The van der Waals surface area contributed by atoms with Gasteiger partial charge in [-0.2, -0.15) is 0 Å². The summed E-state index contributed by atoms with van der Waals surface area (Å²) in [7, 11) is 1.69. The first-order valence-electron chi connectivity index (χ1n) is 10.9. The Morgan fingerprint density at radius 2 is 1.97 bits per heavy atom. The molecule has 0 radical (unpaired) electrons. The molecule has 35 heavy (non-hydrogen) atoms. The van der Waals surface area contributed by atoms with E-state index in [1.165, 1.54) is 10.6 Å². The van der Waals surface area contributed by atoms with E-state index in [0.29, 0.717) is 33.6 Å². The van der Waals surface area contributed by atoms with Gasteiger partial charge in [0, 0.05) is 18.0 Å². The molecule has 0 saturated carbocycles. The van der Waals surface area contributed by atoms with Crippen LogP contribution in [-0.2, 0) is 7.05 Å². The van der Waals surface area contributed by atoms with Crippen LogP contribution < -0.4 is 10.9 Å². The van der Waals surface area contributed by atoms with E-state index < -0.39 is 12.0 Å². The topological polar surface area (TPSA) is 110 Å². The van der Waals surface area contributed by atoms with E-state index in [-0.39, 0.29) is 16.4 Å². The van der Waals surface area contributed by atoms with Gasteiger partial charge in [-0.25, -0.2) is 14.8 Å². The number of para-hydroxylation sites is 1. The fourth-order valence-corrected chi connectivity index (χ4v) is 4.47. The molecule has 176 valence electrons. The van der Waals surface area contributed by atoms with Gasteiger partial charge >= 0.3 is 5.97 Å². The van der Waals surface area contributed by atoms with Gasteiger partial charge in [0.25, 0.3) is 5.56 Å². The molecular weight excluding hydrogens is 468 g/mol. The van der Waals surface area contributed by atoms with Gasteiger partial charge < -0.3 is 14.8 Å². The lowest BCUT2D eigenvalue weighted by Crippen LogP contribution is -2.22. The summed E-state index contributed by atoms with van der Waals surface area (Å²) in [4.78, 5) is 34.0. The van der Waals surface area contributed by atoms with Crippen molar-refractivity contribution in [3.63, 3.8) is 0 Å². The third-order valence-corrected chi connectivity index (χ3v) is 6.19. The van der Waals surface area contributed by atoms with E-state index in [4.69, 9.17) is 21.0 Å². The summed E-state index contributed by atoms with van der Waals surface area (Å²) in [6.45, 7) is 3.78. The molecule has 5 rings (SSSR count). The van der Waals surface area contributed by atoms with Crippen molar-refractivity contribution >= 4 is 45.1 Å². The number of aryl methyl sites for hydroxylation is 1. The fraction of sp³-hybridized carbons (Fsp3) is 0.154. The summed E-state index contributed by atoms with van der Waals surface area (Å²) in [5.74, 6) is -0.725. The van der Waals surface area contributed by atoms with E-state index in [9.17, 15) is 14.7 Å². The monoisotopic (exact) mass is 488 g/mol. The number of aromatic carboxylic acids is 1. The normalized spacial score (nSPS) is 12.2. The molecule has 9 heteroatoms. The Hall–Kier alpha value is -4.17. The zero-order valence-corrected chi connectivity index (χ0v) is 19.9. The number of hydrogen-bond donors (Lipinski definition) is 2. The maximum Gasteiger partial charge on any atom is 0.356 e. The van der Waals surface area contributed by atoms with Crippen LogP contribution in [0.25, 0.3) is 33.3 Å². The van der Waals surface area contributed by atoms with Crippen LogP contribution in [0.15, 0.2) is 64.0 Å². The molecular formula is C26H21ClN4O4. The van der Waals surface area contributed by atoms with Crippen LogP contribution in [0.4, 0.5) is 5.69 Å². The molecule has 1 atom stereocenters. The minimum Gasteiger partial charge on any atom is -0.476 e. The maximum atomic E-state index is 13.4. The summed E-state index contributed by atoms with van der Waals surface area (Å²) in [5.41, 5.74) is 3.44. The van der Waals surface area contributed by atoms with E-state index in [1.54, 1.807) is 19.4 Å². The van der Waals surface area contributed by atoms with Crippen LogP contribution in [0.3, 0.4) is 0 Å². The Labute approximate surface area is 204 Å². The molecule has 0 aliphatic rings. The highest BCUT2D eigenvalue weighted by Crippen LogP contribution is 2.32. The van der Waals surface area contributed by atoms with Crippen molar-refractivity contribution in [3.05, 3.63) is 87.1 Å². The van der Waals surface area contributed by atoms with Crippen molar-refractivity contribution in [2.75, 3.05) is 5.32 Å². The molecule has 3 heterocycles. The smallest absolute Gasteiger partial charge is 0.356 e. The predicted molar refractivity (Wildman–Crippen MR) is 135 cm³/mol. The third kappa shape index (κ3) is 3.91. The number of furan rings is 1. The first-order valence-corrected chi connectivity index (χ1v) is 11.3. The summed E-state index contributed by atoms with van der Waals surface area (Å²) in [6.07, 6.45) is 1.61. The number of nitrogens with one attached hydrogen (secondary N) is 1. The molecule has 2 aromatic carbocycles. The molecule has 8 nitrogen and oxygen atoms in total. The average Bonchev–Trinajstić information content (AvgIpc) is 3.31. The first kappa shape index (κ1) is 22.6. The fourth-order valence-electron chi connectivity index (χ4n) is 4.32. The first-order chi connectivity index (χ1) is 16.7. The Bertz CT molecular complexity index is 1690. The number of carboxylic acids is 1. The molecule has 0 bridgehead atoms. The molecule has 0 amide bonds. The lowest BCUT2D eigenvalue weighted by molar-refractivity contribution is 0.0691. The van der Waals surface area contributed by atoms with Crippen LogP contribution in [0.5, 0.6) is 0 Å². The molecule has 3 aromatic heterocycles. The highest BCUT2D eigenvalue weighted by molar-refractivity contribution is 6.29. The molecule has 5 aromatic rings. The molecule has 2 N–H and O–H groups in total. The van der Waals surface area contributed by atoms with Gasteiger partial charge in [0.15, 0.2) is 5.69 Å². The van der Waals surface area contributed by atoms with Gasteiger partial charge in [0.2, 0.25) is 0 Å². The van der Waals surface area contributed by atoms with E-state index in [2.05, 4.69) is 10.3 Å². The number of halogens is 1. The third-order valence-electron chi connectivity index (χ3n) is 5.98. The Kier molecular flexibility index (Phi) is 5.53. The highest BCUT2D eigenvalue weighted by Gasteiger charge is 2.21. The summed E-state index contributed by atoms with van der Waals surface area (Å²) >= 11 is 5.90. The number of benzene rings is 2. The molecule has 0 fully saturated rings. The molecule has 0 saturated heterocycles. The number of nitrogens with zero attached hydrogens (tertiary/aromatic N) is 3. The lowest BCUT2D eigenvalue weighted by Gasteiger charge is -2.20. The standard InChI is InChI=1S/C26H21ClN4O4/c1-13-11-17(14(2)28-19-7-8-20(27)29-22(19)26(33)34)21-18(12-13)25(32)31(3)24(30-21)16-6-4-5-15-9-10-35-23(15)16/h4-12,14,28H,1-3H3,(H,33,34). The molecule has 0 spiro atoms. The summed E-state index contributed by atoms with van der Waals surface area (Å²) in [5, 5.41) is 14.2. The molecule has 0 aliphatic heterocycles. The number of rotatable bonds is 5. The Balaban J connectivity index is 1.70. The SMILES string of the molecule is Cc1cc(C(C)Nc2ccc(Cl)nc2C(=O)O)c2nc(-c3cccc4ccoc34)n(C)c(=O)c2c1. The minimum absolute atomic E-state index is 0.0866. The largest absolute Gasteiger partial charge is 0.476 e. The zero-order valence-electron chi connectivity index (χ0n) is 19.2. The van der Waals surface area contributed by atoms with Gasteiger partial charge in [-0.15, -0.1) is 0 Å². The predicted octanol–water partition coefficient (Wildman–Crippen LogP) is 5.57. The van der Waals surface area contributed by atoms with Crippen molar-refractivity contribution < 1.29 is 14.3 Å². The number of fused-ring (bicyclic) bond motifs is 2. The van der Waals surface area contributed by atoms with Crippen LogP contribution in [-0.4, -0.2) is 25.6 Å². The second-order valence-electron chi connectivity index (χ2n) is 8.40. The Morgan fingerprint density at radius 1 is 1.17 bits per heavy atom. The van der Waals surface area contributed by atoms with Gasteiger partial charge in [-0.3, -0.25) is 9.36 Å². The second-order valence-corrected chi connectivity index (χ2v) is 8.78. The van der Waals surface area contributed by atoms with Crippen molar-refractivity contribution in [3.8, 4) is 11.4 Å². The van der Waals surface area contributed by atoms with Gasteiger partial charge in [0.1, 0.15) is 16.6 Å². The number of aromatic nitrogens is 3. The number of pyridine rings is 1. The second kappa shape index (κ2) is 8.56. The average molecular weight is 489 g/mol. The van der Waals surface area contributed by atoms with Gasteiger partial charge in [-0.1, -0.05) is 29.8 Å². The van der Waals surface area contributed by atoms with Crippen molar-refractivity contribution in [1.82, 2.24) is 14.5 Å². The number of anilines is 1. The Morgan fingerprint density at radius 3 is 2.74 bits per heavy atom. The number of hydrogen-bond acceptors (Lipinski definition) is 6. The van der Waals surface area contributed by atoms with Crippen LogP contribution in [0, 0.1) is 6.92 Å². The van der Waals surface area contributed by atoms with E-state index >= 15 is 0 Å². The minimum atomic E-state index is -1.20. The van der Waals surface area contributed by atoms with Gasteiger partial charge in [-0.05, 0) is 49.7 Å². The van der Waals surface area contributed by atoms with Crippen LogP contribution in [0.2, 0.25) is 5.15 Å². The quantitative estimate of drug-likeness (QED) is 0.311. The molecule has 1 unspecified atom stereocenters. The van der Waals surface area contributed by atoms with Crippen LogP contribution in [0.1, 0.15) is 34.6 Å². The van der Waals surface area contributed by atoms with Crippen LogP contribution >= 0.6 is 11.6 Å². The van der Waals surface area contributed by atoms with Crippen molar-refractivity contribution in [2.45, 2.75) is 19.9 Å². The zero-order chi connectivity index (χ0) is 24.9. The number of carbonyl (C=O) groups is 1. The molecule has 0 aliphatic carbocycles. The number of carboxylic acid groups (broad SMARTS) is 1. The van der Waals surface area contributed by atoms with E-state index in [0.717, 1.165) is 16.5 Å². The highest BCUT2D eigenvalue weighted by atomic mass is 35.5. The lowest BCUT2D eigenvalue weighted by atomic mass is 10.0.